The highest BCUT2D eigenvalue weighted by molar-refractivity contribution is 7.10. The van der Waals surface area contributed by atoms with E-state index in [1.54, 1.807) is 11.3 Å². The lowest BCUT2D eigenvalue weighted by Crippen LogP contribution is -2.24. The summed E-state index contributed by atoms with van der Waals surface area (Å²) >= 11 is 1.61. The van der Waals surface area contributed by atoms with Gasteiger partial charge in [0.1, 0.15) is 5.60 Å². The Balaban J connectivity index is 2.04. The molecule has 0 aliphatic heterocycles. The fourth-order valence-electron chi connectivity index (χ4n) is 2.90. The number of hydrogen-bond donors (Lipinski definition) is 1. The largest absolute Gasteiger partial charge is 0.384 e. The van der Waals surface area contributed by atoms with Crippen LogP contribution in [0.15, 0.2) is 35.7 Å². The Morgan fingerprint density at radius 2 is 2.05 bits per heavy atom. The molecule has 0 aliphatic carbocycles. The summed E-state index contributed by atoms with van der Waals surface area (Å²) < 4.78 is 2.00. The number of thiophene rings is 1. The molecular formula is C17H20N2OS. The first-order chi connectivity index (χ1) is 10.0. The van der Waals surface area contributed by atoms with Gasteiger partial charge in [-0.3, -0.25) is 4.68 Å². The standard InChI is InChI=1S/C17H20N2OS/c1-4-19-15-8-6-5-7-13(15)14(18-19)11-17(3,20)16-12(2)9-10-21-16/h5-10,20H,4,11H2,1-3H3. The minimum Gasteiger partial charge on any atom is -0.384 e. The second-order valence-corrected chi connectivity index (χ2v) is 6.58. The third-order valence-corrected chi connectivity index (χ3v) is 5.17. The molecule has 0 saturated heterocycles. The van der Waals surface area contributed by atoms with Crippen LogP contribution in [0.25, 0.3) is 10.9 Å². The Hall–Kier alpha value is -1.65. The predicted molar refractivity (Wildman–Crippen MR) is 87.7 cm³/mol. The van der Waals surface area contributed by atoms with Gasteiger partial charge in [-0.1, -0.05) is 18.2 Å². The van der Waals surface area contributed by atoms with E-state index in [-0.39, 0.29) is 0 Å². The van der Waals surface area contributed by atoms with Crippen LogP contribution in [-0.2, 0) is 18.6 Å². The maximum Gasteiger partial charge on any atom is 0.102 e. The molecule has 0 radical (unpaired) electrons. The summed E-state index contributed by atoms with van der Waals surface area (Å²) in [6.07, 6.45) is 0.530. The molecular weight excluding hydrogens is 280 g/mol. The van der Waals surface area contributed by atoms with Crippen LogP contribution in [0.4, 0.5) is 0 Å². The number of nitrogens with zero attached hydrogens (tertiary/aromatic N) is 2. The van der Waals surface area contributed by atoms with E-state index in [9.17, 15) is 5.11 Å². The highest BCUT2D eigenvalue weighted by atomic mass is 32.1. The summed E-state index contributed by atoms with van der Waals surface area (Å²) in [5.74, 6) is 0. The zero-order valence-electron chi connectivity index (χ0n) is 12.6. The highest BCUT2D eigenvalue weighted by Gasteiger charge is 2.29. The number of aliphatic hydroxyl groups is 1. The molecule has 2 heterocycles. The summed E-state index contributed by atoms with van der Waals surface area (Å²) in [6, 6.07) is 10.3. The van der Waals surface area contributed by atoms with Gasteiger partial charge in [0.05, 0.1) is 11.2 Å². The molecule has 1 unspecified atom stereocenters. The van der Waals surface area contributed by atoms with Gasteiger partial charge in [0, 0.05) is 23.2 Å². The summed E-state index contributed by atoms with van der Waals surface area (Å²) in [7, 11) is 0. The molecule has 1 atom stereocenters. The molecule has 1 aromatic carbocycles. The minimum atomic E-state index is -0.881. The van der Waals surface area contributed by atoms with Crippen LogP contribution in [0.3, 0.4) is 0 Å². The van der Waals surface area contributed by atoms with Crippen LogP contribution >= 0.6 is 11.3 Å². The van der Waals surface area contributed by atoms with Crippen molar-refractivity contribution in [1.82, 2.24) is 9.78 Å². The third-order valence-electron chi connectivity index (χ3n) is 3.90. The van der Waals surface area contributed by atoms with E-state index in [0.29, 0.717) is 6.42 Å². The quantitative estimate of drug-likeness (QED) is 0.794. The van der Waals surface area contributed by atoms with Gasteiger partial charge in [0.2, 0.25) is 0 Å². The molecule has 0 amide bonds. The van der Waals surface area contributed by atoms with Crippen molar-refractivity contribution in [3.8, 4) is 0 Å². The van der Waals surface area contributed by atoms with Gasteiger partial charge in [-0.2, -0.15) is 5.10 Å². The minimum absolute atomic E-state index is 0.530. The zero-order valence-corrected chi connectivity index (χ0v) is 13.4. The molecule has 0 bridgehead atoms. The van der Waals surface area contributed by atoms with Crippen molar-refractivity contribution in [3.63, 3.8) is 0 Å². The Morgan fingerprint density at radius 1 is 1.29 bits per heavy atom. The smallest absolute Gasteiger partial charge is 0.102 e. The van der Waals surface area contributed by atoms with Gasteiger partial charge in [0.15, 0.2) is 0 Å². The third kappa shape index (κ3) is 2.49. The van der Waals surface area contributed by atoms with E-state index in [2.05, 4.69) is 25.1 Å². The van der Waals surface area contributed by atoms with Crippen molar-refractivity contribution in [3.05, 3.63) is 51.8 Å². The monoisotopic (exact) mass is 300 g/mol. The number of hydrogen-bond acceptors (Lipinski definition) is 3. The van der Waals surface area contributed by atoms with E-state index < -0.39 is 5.60 Å². The molecule has 0 saturated carbocycles. The number of aryl methyl sites for hydroxylation is 2. The summed E-state index contributed by atoms with van der Waals surface area (Å²) in [5.41, 5.74) is 2.36. The van der Waals surface area contributed by atoms with Gasteiger partial charge < -0.3 is 5.11 Å². The number of benzene rings is 1. The Bertz CT molecular complexity index is 770. The SMILES string of the molecule is CCn1nc(CC(C)(O)c2sccc2C)c2ccccc21. The maximum absolute atomic E-state index is 10.9. The summed E-state index contributed by atoms with van der Waals surface area (Å²) in [4.78, 5) is 1.03. The fraction of sp³-hybridized carbons (Fsp3) is 0.353. The highest BCUT2D eigenvalue weighted by Crippen LogP contribution is 2.33. The molecule has 1 N–H and O–H groups in total. The van der Waals surface area contributed by atoms with Crippen molar-refractivity contribution in [1.29, 1.82) is 0 Å². The predicted octanol–water partition coefficient (Wildman–Crippen LogP) is 3.88. The Morgan fingerprint density at radius 3 is 2.71 bits per heavy atom. The lowest BCUT2D eigenvalue weighted by Gasteiger charge is -2.22. The first-order valence-corrected chi connectivity index (χ1v) is 8.12. The molecule has 2 aromatic heterocycles. The average molecular weight is 300 g/mol. The molecule has 21 heavy (non-hydrogen) atoms. The molecule has 3 rings (SSSR count). The van der Waals surface area contributed by atoms with E-state index in [1.165, 1.54) is 0 Å². The first-order valence-electron chi connectivity index (χ1n) is 7.24. The Kier molecular flexibility index (Phi) is 3.59. The van der Waals surface area contributed by atoms with E-state index in [1.807, 2.05) is 36.0 Å². The van der Waals surface area contributed by atoms with Crippen molar-refractivity contribution < 1.29 is 5.11 Å². The van der Waals surface area contributed by atoms with Gasteiger partial charge in [-0.15, -0.1) is 11.3 Å². The van der Waals surface area contributed by atoms with Crippen LogP contribution in [0.5, 0.6) is 0 Å². The van der Waals surface area contributed by atoms with Gasteiger partial charge >= 0.3 is 0 Å². The van der Waals surface area contributed by atoms with Crippen LogP contribution in [0.2, 0.25) is 0 Å². The maximum atomic E-state index is 10.9. The Labute approximate surface area is 128 Å². The molecule has 0 spiro atoms. The van der Waals surface area contributed by atoms with E-state index >= 15 is 0 Å². The normalized spacial score (nSPS) is 14.5. The molecule has 3 nitrogen and oxygen atoms in total. The van der Waals surface area contributed by atoms with Gasteiger partial charge in [-0.25, -0.2) is 0 Å². The second kappa shape index (κ2) is 5.28. The number of rotatable bonds is 4. The second-order valence-electron chi connectivity index (χ2n) is 5.66. The van der Waals surface area contributed by atoms with Crippen LogP contribution in [0, 0.1) is 6.92 Å². The van der Waals surface area contributed by atoms with Crippen LogP contribution < -0.4 is 0 Å². The lowest BCUT2D eigenvalue weighted by atomic mass is 9.94. The molecule has 0 aliphatic rings. The fourth-order valence-corrected chi connectivity index (χ4v) is 3.89. The molecule has 110 valence electrons. The molecule has 0 fully saturated rings. The van der Waals surface area contributed by atoms with Crippen molar-refractivity contribution >= 4 is 22.2 Å². The number of para-hydroxylation sites is 1. The van der Waals surface area contributed by atoms with Gasteiger partial charge in [-0.05, 0) is 43.8 Å². The van der Waals surface area contributed by atoms with Crippen LogP contribution in [-0.4, -0.2) is 14.9 Å². The molecule has 3 aromatic rings. The summed E-state index contributed by atoms with van der Waals surface area (Å²) in [5, 5.41) is 18.8. The van der Waals surface area contributed by atoms with Crippen molar-refractivity contribution in [2.75, 3.05) is 0 Å². The zero-order chi connectivity index (χ0) is 15.0. The summed E-state index contributed by atoms with van der Waals surface area (Å²) in [6.45, 7) is 6.85. The first kappa shape index (κ1) is 14.3. The number of fused-ring (bicyclic) bond motifs is 1. The number of aromatic nitrogens is 2. The van der Waals surface area contributed by atoms with Gasteiger partial charge in [0.25, 0.3) is 0 Å². The van der Waals surface area contributed by atoms with Crippen molar-refractivity contribution in [2.24, 2.45) is 0 Å². The lowest BCUT2D eigenvalue weighted by molar-refractivity contribution is 0.0600. The van der Waals surface area contributed by atoms with E-state index in [0.717, 1.165) is 33.6 Å². The average Bonchev–Trinajstić information content (AvgIpc) is 3.03. The van der Waals surface area contributed by atoms with Crippen molar-refractivity contribution in [2.45, 2.75) is 39.3 Å². The topological polar surface area (TPSA) is 38.0 Å². The van der Waals surface area contributed by atoms with E-state index in [4.69, 9.17) is 5.10 Å². The van der Waals surface area contributed by atoms with Crippen LogP contribution in [0.1, 0.15) is 30.0 Å². The molecule has 4 heteroatoms.